The summed E-state index contributed by atoms with van der Waals surface area (Å²) >= 11 is 0. The number of hydrogen-bond acceptors (Lipinski definition) is 4. The number of nitrogens with one attached hydrogen (secondary N) is 3. The van der Waals surface area contributed by atoms with Gasteiger partial charge in [0.2, 0.25) is 5.91 Å². The van der Waals surface area contributed by atoms with Gasteiger partial charge in [-0.25, -0.2) is 5.10 Å². The number of para-hydroxylation sites is 1. The predicted octanol–water partition coefficient (Wildman–Crippen LogP) is 2.74. The van der Waals surface area contributed by atoms with Gasteiger partial charge in [-0.2, -0.15) is 5.10 Å². The van der Waals surface area contributed by atoms with Crippen LogP contribution in [0.1, 0.15) is 11.1 Å². The molecule has 7 nitrogen and oxygen atoms in total. The van der Waals surface area contributed by atoms with Crippen LogP contribution in [0.5, 0.6) is 0 Å². The fourth-order valence-corrected chi connectivity index (χ4v) is 3.28. The number of carbonyl (C=O) groups is 1. The average molecular weight is 387 g/mol. The van der Waals surface area contributed by atoms with Gasteiger partial charge in [0.25, 0.3) is 5.56 Å². The molecule has 0 saturated heterocycles. The Morgan fingerprint density at radius 3 is 2.79 bits per heavy atom. The van der Waals surface area contributed by atoms with Crippen molar-refractivity contribution in [3.05, 3.63) is 82.3 Å². The summed E-state index contributed by atoms with van der Waals surface area (Å²) in [6.07, 6.45) is 2.32. The summed E-state index contributed by atoms with van der Waals surface area (Å²) in [5.41, 5.74) is 10.9. The van der Waals surface area contributed by atoms with Crippen molar-refractivity contribution in [1.82, 2.24) is 15.2 Å². The minimum Gasteiger partial charge on any atom is -0.361 e. The van der Waals surface area contributed by atoms with Crippen molar-refractivity contribution in [2.75, 3.05) is 5.32 Å². The van der Waals surface area contributed by atoms with Crippen LogP contribution < -0.4 is 16.6 Å². The molecular formula is C22H21N5O2. The first-order valence-corrected chi connectivity index (χ1v) is 9.29. The molecule has 1 atom stereocenters. The lowest BCUT2D eigenvalue weighted by Gasteiger charge is -2.14. The quantitative estimate of drug-likeness (QED) is 0.421. The second-order valence-electron chi connectivity index (χ2n) is 7.00. The number of amides is 1. The maximum atomic E-state index is 12.7. The molecule has 4 rings (SSSR count). The lowest BCUT2D eigenvalue weighted by Crippen LogP contribution is -2.37. The molecule has 0 radical (unpaired) electrons. The van der Waals surface area contributed by atoms with E-state index in [1.807, 2.05) is 55.6 Å². The van der Waals surface area contributed by atoms with Gasteiger partial charge in [-0.3, -0.25) is 9.59 Å². The fraction of sp³-hybridized carbons (Fsp3) is 0.136. The predicted molar refractivity (Wildman–Crippen MR) is 114 cm³/mol. The Kier molecular flexibility index (Phi) is 4.97. The van der Waals surface area contributed by atoms with Crippen molar-refractivity contribution in [3.63, 3.8) is 0 Å². The van der Waals surface area contributed by atoms with E-state index in [4.69, 9.17) is 5.73 Å². The van der Waals surface area contributed by atoms with Crippen LogP contribution in [0.2, 0.25) is 0 Å². The van der Waals surface area contributed by atoms with Crippen LogP contribution in [0, 0.1) is 6.92 Å². The highest BCUT2D eigenvalue weighted by atomic mass is 16.2. The molecular weight excluding hydrogens is 366 g/mol. The monoisotopic (exact) mass is 387 g/mol. The lowest BCUT2D eigenvalue weighted by molar-refractivity contribution is -0.117. The van der Waals surface area contributed by atoms with Crippen LogP contribution in [0.25, 0.3) is 22.2 Å². The third-order valence-corrected chi connectivity index (χ3v) is 4.92. The van der Waals surface area contributed by atoms with Crippen molar-refractivity contribution >= 4 is 22.5 Å². The molecule has 4 aromatic rings. The normalized spacial score (nSPS) is 12.1. The van der Waals surface area contributed by atoms with E-state index in [0.29, 0.717) is 17.8 Å². The first kappa shape index (κ1) is 18.6. The number of anilines is 1. The smallest absolute Gasteiger partial charge is 0.264 e. The molecule has 5 N–H and O–H groups in total. The minimum absolute atomic E-state index is 0.259. The van der Waals surface area contributed by atoms with Crippen molar-refractivity contribution in [1.29, 1.82) is 0 Å². The van der Waals surface area contributed by atoms with Crippen molar-refractivity contribution in [3.8, 4) is 11.3 Å². The number of aryl methyl sites for hydroxylation is 1. The Hall–Kier alpha value is -3.71. The van der Waals surface area contributed by atoms with Gasteiger partial charge in [0.05, 0.1) is 11.7 Å². The van der Waals surface area contributed by atoms with Gasteiger partial charge in [0.15, 0.2) is 0 Å². The van der Waals surface area contributed by atoms with Crippen molar-refractivity contribution < 1.29 is 4.79 Å². The number of nitrogens with zero attached hydrogens (tertiary/aromatic N) is 1. The number of hydrogen-bond donors (Lipinski definition) is 4. The van der Waals surface area contributed by atoms with E-state index in [9.17, 15) is 9.59 Å². The van der Waals surface area contributed by atoms with Crippen LogP contribution in [0.3, 0.4) is 0 Å². The number of aromatic nitrogens is 3. The molecule has 0 aliphatic rings. The summed E-state index contributed by atoms with van der Waals surface area (Å²) in [4.78, 5) is 27.1. The van der Waals surface area contributed by atoms with Gasteiger partial charge in [0.1, 0.15) is 0 Å². The highest BCUT2D eigenvalue weighted by Gasteiger charge is 2.17. The molecule has 29 heavy (non-hydrogen) atoms. The summed E-state index contributed by atoms with van der Waals surface area (Å²) in [5.74, 6) is -0.259. The lowest BCUT2D eigenvalue weighted by atomic mass is 10.0. The highest BCUT2D eigenvalue weighted by molar-refractivity contribution is 5.96. The second kappa shape index (κ2) is 7.73. The number of rotatable bonds is 5. The molecule has 0 bridgehead atoms. The van der Waals surface area contributed by atoms with E-state index in [0.717, 1.165) is 27.6 Å². The van der Waals surface area contributed by atoms with Crippen molar-refractivity contribution in [2.45, 2.75) is 19.4 Å². The second-order valence-corrected chi connectivity index (χ2v) is 7.00. The standard InChI is InChI=1S/C22H21N5O2/c1-13-6-7-14(18-8-9-21(28)27-26-18)11-20(13)25-22(29)17(23)10-15-12-24-19-5-3-2-4-16(15)19/h2-9,11-12,17,24H,10,23H2,1H3,(H,25,29)(H,27,28). The van der Waals surface area contributed by atoms with Crippen molar-refractivity contribution in [2.24, 2.45) is 5.73 Å². The molecule has 7 heteroatoms. The summed E-state index contributed by atoms with van der Waals surface area (Å²) in [5, 5.41) is 10.4. The molecule has 0 fully saturated rings. The third kappa shape index (κ3) is 3.95. The van der Waals surface area contributed by atoms with Crippen LogP contribution in [-0.4, -0.2) is 27.1 Å². The summed E-state index contributed by atoms with van der Waals surface area (Å²) < 4.78 is 0. The molecule has 2 aromatic heterocycles. The summed E-state index contributed by atoms with van der Waals surface area (Å²) in [6.45, 7) is 1.91. The topological polar surface area (TPSA) is 117 Å². The van der Waals surface area contributed by atoms with Crippen LogP contribution in [0.4, 0.5) is 5.69 Å². The Morgan fingerprint density at radius 1 is 1.17 bits per heavy atom. The molecule has 146 valence electrons. The Labute approximate surface area is 167 Å². The summed E-state index contributed by atoms with van der Waals surface area (Å²) in [6, 6.07) is 15.9. The molecule has 1 amide bonds. The van der Waals surface area contributed by atoms with Gasteiger partial charge >= 0.3 is 0 Å². The van der Waals surface area contributed by atoms with E-state index in [-0.39, 0.29) is 11.5 Å². The number of benzene rings is 2. The first-order valence-electron chi connectivity index (χ1n) is 9.29. The molecule has 0 saturated carbocycles. The number of nitrogens with two attached hydrogens (primary N) is 1. The largest absolute Gasteiger partial charge is 0.361 e. The van der Waals surface area contributed by atoms with Gasteiger partial charge < -0.3 is 16.0 Å². The third-order valence-electron chi connectivity index (χ3n) is 4.92. The Balaban J connectivity index is 1.52. The van der Waals surface area contributed by atoms with E-state index in [1.165, 1.54) is 6.07 Å². The zero-order valence-corrected chi connectivity index (χ0v) is 15.9. The maximum Gasteiger partial charge on any atom is 0.264 e. The van der Waals surface area contributed by atoms with Gasteiger partial charge in [0, 0.05) is 34.4 Å². The fourth-order valence-electron chi connectivity index (χ4n) is 3.28. The first-order chi connectivity index (χ1) is 14.0. The average Bonchev–Trinajstić information content (AvgIpc) is 3.13. The zero-order valence-electron chi connectivity index (χ0n) is 15.9. The number of fused-ring (bicyclic) bond motifs is 1. The SMILES string of the molecule is Cc1ccc(-c2ccc(=O)[nH]n2)cc1NC(=O)C(N)Cc1c[nH]c2ccccc12. The summed E-state index contributed by atoms with van der Waals surface area (Å²) in [7, 11) is 0. The van der Waals surface area contributed by atoms with E-state index in [1.54, 1.807) is 6.07 Å². The molecule has 0 spiro atoms. The molecule has 0 aliphatic carbocycles. The van der Waals surface area contributed by atoms with Crippen LogP contribution in [-0.2, 0) is 11.2 Å². The molecule has 2 aromatic carbocycles. The molecule has 2 heterocycles. The van der Waals surface area contributed by atoms with Gasteiger partial charge in [-0.1, -0.05) is 30.3 Å². The zero-order chi connectivity index (χ0) is 20.4. The molecule has 1 unspecified atom stereocenters. The minimum atomic E-state index is -0.691. The number of carbonyl (C=O) groups excluding carboxylic acids is 1. The van der Waals surface area contributed by atoms with Gasteiger partial charge in [-0.15, -0.1) is 0 Å². The Bertz CT molecular complexity index is 1220. The van der Waals surface area contributed by atoms with E-state index in [2.05, 4.69) is 20.5 Å². The maximum absolute atomic E-state index is 12.7. The van der Waals surface area contributed by atoms with E-state index >= 15 is 0 Å². The van der Waals surface area contributed by atoms with Crippen LogP contribution in [0.15, 0.2) is 65.6 Å². The highest BCUT2D eigenvalue weighted by Crippen LogP contribution is 2.24. The van der Waals surface area contributed by atoms with Gasteiger partial charge in [-0.05, 0) is 42.7 Å². The Morgan fingerprint density at radius 2 is 2.00 bits per heavy atom. The van der Waals surface area contributed by atoms with E-state index < -0.39 is 6.04 Å². The molecule has 0 aliphatic heterocycles. The number of H-pyrrole nitrogens is 2. The number of aromatic amines is 2. The van der Waals surface area contributed by atoms with Crippen LogP contribution >= 0.6 is 0 Å².